The Bertz CT molecular complexity index is 2210. The third-order valence-corrected chi connectivity index (χ3v) is 9.24. The van der Waals surface area contributed by atoms with Gasteiger partial charge in [-0.2, -0.15) is 5.10 Å². The summed E-state index contributed by atoms with van der Waals surface area (Å²) in [7, 11) is 0. The van der Waals surface area contributed by atoms with Crippen LogP contribution in [0.5, 0.6) is 0 Å². The standard InChI is InChI=1S/C42H33N5/c1-30-15-14-22-36(31(30)2)41-37(32-24-25-40-44-27-39(46(40)28-32)38-23-12-13-26-43-38)29-47(45-41)42(33-16-6-3-7-17-33,34-18-8-4-9-19-34)35-20-10-5-11-21-35/h3-29H,1-2H3. The van der Waals surface area contributed by atoms with Gasteiger partial charge in [-0.3, -0.25) is 14.1 Å². The first-order chi connectivity index (χ1) is 23.1. The number of hydrogen-bond acceptors (Lipinski definition) is 3. The Balaban J connectivity index is 1.46. The molecule has 47 heavy (non-hydrogen) atoms. The van der Waals surface area contributed by atoms with E-state index in [4.69, 9.17) is 10.1 Å². The predicted molar refractivity (Wildman–Crippen MR) is 189 cm³/mol. The van der Waals surface area contributed by atoms with E-state index in [0.29, 0.717) is 0 Å². The Morgan fingerprint density at radius 3 is 1.81 bits per heavy atom. The van der Waals surface area contributed by atoms with Crippen molar-refractivity contribution in [2.45, 2.75) is 19.4 Å². The average Bonchev–Trinajstić information content (AvgIpc) is 3.77. The van der Waals surface area contributed by atoms with Crippen LogP contribution < -0.4 is 0 Å². The zero-order valence-corrected chi connectivity index (χ0v) is 26.3. The molecule has 0 fully saturated rings. The lowest BCUT2D eigenvalue weighted by Crippen LogP contribution is -2.38. The molecule has 0 spiro atoms. The number of imidazole rings is 1. The summed E-state index contributed by atoms with van der Waals surface area (Å²) in [6, 6.07) is 48.7. The molecule has 0 radical (unpaired) electrons. The Kier molecular flexibility index (Phi) is 7.07. The fourth-order valence-electron chi connectivity index (χ4n) is 6.74. The molecular weight excluding hydrogens is 574 g/mol. The molecule has 0 bridgehead atoms. The Labute approximate surface area is 274 Å². The number of fused-ring (bicyclic) bond motifs is 1. The number of pyridine rings is 2. The van der Waals surface area contributed by atoms with E-state index in [-0.39, 0.29) is 0 Å². The summed E-state index contributed by atoms with van der Waals surface area (Å²) in [6.07, 6.45) is 8.10. The summed E-state index contributed by atoms with van der Waals surface area (Å²) in [5.41, 5.74) is 11.9. The monoisotopic (exact) mass is 607 g/mol. The molecule has 0 unspecified atom stereocenters. The van der Waals surface area contributed by atoms with Gasteiger partial charge in [0.1, 0.15) is 16.9 Å². The van der Waals surface area contributed by atoms with Crippen LogP contribution in [0.4, 0.5) is 0 Å². The van der Waals surface area contributed by atoms with Crippen LogP contribution in [-0.4, -0.2) is 24.1 Å². The normalized spacial score (nSPS) is 11.6. The van der Waals surface area contributed by atoms with Gasteiger partial charge in [-0.1, -0.05) is 115 Å². The lowest BCUT2D eigenvalue weighted by atomic mass is 9.77. The van der Waals surface area contributed by atoms with E-state index in [2.05, 4.69) is 162 Å². The van der Waals surface area contributed by atoms with Gasteiger partial charge >= 0.3 is 0 Å². The molecule has 0 saturated carbocycles. The molecule has 8 aromatic rings. The van der Waals surface area contributed by atoms with Crippen molar-refractivity contribution in [3.63, 3.8) is 0 Å². The summed E-state index contributed by atoms with van der Waals surface area (Å²) >= 11 is 0. The number of nitrogens with zero attached hydrogens (tertiary/aromatic N) is 5. The van der Waals surface area contributed by atoms with Gasteiger partial charge in [0, 0.05) is 35.3 Å². The highest BCUT2D eigenvalue weighted by atomic mass is 15.3. The van der Waals surface area contributed by atoms with Crippen molar-refractivity contribution < 1.29 is 0 Å². The summed E-state index contributed by atoms with van der Waals surface area (Å²) in [5.74, 6) is 0. The van der Waals surface area contributed by atoms with E-state index >= 15 is 0 Å². The van der Waals surface area contributed by atoms with E-state index in [1.807, 2.05) is 30.6 Å². The summed E-state index contributed by atoms with van der Waals surface area (Å²) < 4.78 is 4.30. The predicted octanol–water partition coefficient (Wildman–Crippen LogP) is 9.38. The summed E-state index contributed by atoms with van der Waals surface area (Å²) in [5, 5.41) is 5.59. The van der Waals surface area contributed by atoms with Gasteiger partial charge in [-0.15, -0.1) is 0 Å². The van der Waals surface area contributed by atoms with Crippen molar-refractivity contribution in [2.75, 3.05) is 0 Å². The fourth-order valence-corrected chi connectivity index (χ4v) is 6.74. The van der Waals surface area contributed by atoms with E-state index < -0.39 is 5.54 Å². The van der Waals surface area contributed by atoms with Gasteiger partial charge in [0.25, 0.3) is 0 Å². The van der Waals surface area contributed by atoms with Crippen LogP contribution >= 0.6 is 0 Å². The maximum atomic E-state index is 5.59. The first-order valence-electron chi connectivity index (χ1n) is 15.9. The van der Waals surface area contributed by atoms with Gasteiger partial charge in [0.2, 0.25) is 0 Å². The second kappa shape index (κ2) is 11.7. The van der Waals surface area contributed by atoms with Crippen molar-refractivity contribution in [2.24, 2.45) is 0 Å². The lowest BCUT2D eigenvalue weighted by Gasteiger charge is -2.36. The van der Waals surface area contributed by atoms with Gasteiger partial charge in [-0.25, -0.2) is 4.98 Å². The molecule has 5 heteroatoms. The first kappa shape index (κ1) is 28.4. The molecule has 8 rings (SSSR count). The molecule has 4 aromatic heterocycles. The molecule has 0 N–H and O–H groups in total. The topological polar surface area (TPSA) is 48.0 Å². The second-order valence-corrected chi connectivity index (χ2v) is 11.9. The summed E-state index contributed by atoms with van der Waals surface area (Å²) in [4.78, 5) is 9.32. The van der Waals surface area contributed by atoms with Crippen molar-refractivity contribution in [3.8, 4) is 33.8 Å². The summed E-state index contributed by atoms with van der Waals surface area (Å²) in [6.45, 7) is 4.35. The smallest absolute Gasteiger partial charge is 0.138 e. The van der Waals surface area contributed by atoms with Gasteiger partial charge in [-0.05, 0) is 65.9 Å². The van der Waals surface area contributed by atoms with Crippen LogP contribution in [0.1, 0.15) is 27.8 Å². The highest BCUT2D eigenvalue weighted by molar-refractivity contribution is 5.83. The van der Waals surface area contributed by atoms with Crippen LogP contribution in [0.15, 0.2) is 164 Å². The highest BCUT2D eigenvalue weighted by Crippen LogP contribution is 2.44. The minimum Gasteiger partial charge on any atom is -0.298 e. The molecule has 0 aliphatic carbocycles. The average molecular weight is 608 g/mol. The van der Waals surface area contributed by atoms with Crippen LogP contribution in [0, 0.1) is 13.8 Å². The minimum absolute atomic E-state index is 0.743. The van der Waals surface area contributed by atoms with Crippen molar-refractivity contribution in [3.05, 3.63) is 192 Å². The van der Waals surface area contributed by atoms with Gasteiger partial charge in [0.05, 0.1) is 17.6 Å². The maximum Gasteiger partial charge on any atom is 0.138 e. The highest BCUT2D eigenvalue weighted by Gasteiger charge is 2.40. The molecule has 0 saturated heterocycles. The number of hydrogen-bond donors (Lipinski definition) is 0. The van der Waals surface area contributed by atoms with E-state index in [1.54, 1.807) is 0 Å². The zero-order valence-electron chi connectivity index (χ0n) is 26.3. The SMILES string of the molecule is Cc1cccc(-c2nn(C(c3ccccc3)(c3ccccc3)c3ccccc3)cc2-c2ccc3ncc(-c4ccccn4)n3c2)c1C. The number of benzene rings is 4. The van der Waals surface area contributed by atoms with Crippen LogP contribution in [0.3, 0.4) is 0 Å². The molecule has 4 aromatic carbocycles. The third kappa shape index (κ3) is 4.75. The van der Waals surface area contributed by atoms with Crippen LogP contribution in [0.2, 0.25) is 0 Å². The van der Waals surface area contributed by atoms with Crippen LogP contribution in [0.25, 0.3) is 39.4 Å². The molecule has 5 nitrogen and oxygen atoms in total. The van der Waals surface area contributed by atoms with E-state index in [0.717, 1.165) is 56.1 Å². The Morgan fingerprint density at radius 2 is 1.19 bits per heavy atom. The van der Waals surface area contributed by atoms with E-state index in [9.17, 15) is 0 Å². The molecule has 4 heterocycles. The van der Waals surface area contributed by atoms with Gasteiger partial charge in [0.15, 0.2) is 0 Å². The maximum absolute atomic E-state index is 5.59. The minimum atomic E-state index is -0.743. The zero-order chi connectivity index (χ0) is 31.8. The molecule has 0 amide bonds. The largest absolute Gasteiger partial charge is 0.298 e. The molecule has 0 atom stereocenters. The number of rotatable bonds is 7. The van der Waals surface area contributed by atoms with E-state index in [1.165, 1.54) is 11.1 Å². The fraction of sp³-hybridized carbons (Fsp3) is 0.0714. The lowest BCUT2D eigenvalue weighted by molar-refractivity contribution is 0.461. The van der Waals surface area contributed by atoms with Crippen LogP contribution in [-0.2, 0) is 5.54 Å². The quantitative estimate of drug-likeness (QED) is 0.170. The molecule has 226 valence electrons. The number of aryl methyl sites for hydroxylation is 1. The number of aromatic nitrogens is 5. The van der Waals surface area contributed by atoms with Crippen molar-refractivity contribution in [1.29, 1.82) is 0 Å². The van der Waals surface area contributed by atoms with Crippen molar-refractivity contribution in [1.82, 2.24) is 24.1 Å². The Morgan fingerprint density at radius 1 is 0.553 bits per heavy atom. The second-order valence-electron chi connectivity index (χ2n) is 11.9. The molecule has 0 aliphatic heterocycles. The van der Waals surface area contributed by atoms with Crippen molar-refractivity contribution >= 4 is 5.65 Å². The molecular formula is C42H33N5. The first-order valence-corrected chi connectivity index (χ1v) is 15.9. The van der Waals surface area contributed by atoms with Gasteiger partial charge < -0.3 is 0 Å². The Hall–Kier alpha value is -6.07. The third-order valence-electron chi connectivity index (χ3n) is 9.24. The molecule has 0 aliphatic rings.